The summed E-state index contributed by atoms with van der Waals surface area (Å²) < 4.78 is 5.25. The second kappa shape index (κ2) is 6.21. The first-order valence-corrected chi connectivity index (χ1v) is 6.75. The van der Waals surface area contributed by atoms with Crippen molar-refractivity contribution in [2.24, 2.45) is 5.92 Å². The van der Waals surface area contributed by atoms with Gasteiger partial charge in [-0.15, -0.1) is 0 Å². The van der Waals surface area contributed by atoms with Gasteiger partial charge in [-0.05, 0) is 49.8 Å². The molecule has 18 heavy (non-hydrogen) atoms. The molecule has 0 aromatic heterocycles. The summed E-state index contributed by atoms with van der Waals surface area (Å²) in [6.45, 7) is 2.43. The predicted molar refractivity (Wildman–Crippen MR) is 72.8 cm³/mol. The molecule has 0 amide bonds. The Labute approximate surface area is 109 Å². The molecule has 100 valence electrons. The molecule has 2 unspecified atom stereocenters. The van der Waals surface area contributed by atoms with Gasteiger partial charge in [0, 0.05) is 18.7 Å². The predicted octanol–water partition coefficient (Wildman–Crippen LogP) is 2.51. The van der Waals surface area contributed by atoms with E-state index in [-0.39, 0.29) is 12.6 Å². The summed E-state index contributed by atoms with van der Waals surface area (Å²) in [5, 5.41) is 12.8. The Morgan fingerprint density at radius 2 is 2.22 bits per heavy atom. The van der Waals surface area contributed by atoms with E-state index in [0.717, 1.165) is 18.1 Å². The molecule has 1 aromatic carbocycles. The van der Waals surface area contributed by atoms with E-state index in [1.54, 1.807) is 7.11 Å². The van der Waals surface area contributed by atoms with Crippen LogP contribution >= 0.6 is 0 Å². The molecule has 0 spiro atoms. The van der Waals surface area contributed by atoms with E-state index in [1.807, 2.05) is 12.1 Å². The van der Waals surface area contributed by atoms with Crippen molar-refractivity contribution >= 4 is 0 Å². The average Bonchev–Trinajstić information content (AvgIpc) is 3.22. The zero-order valence-electron chi connectivity index (χ0n) is 11.2. The van der Waals surface area contributed by atoms with Crippen LogP contribution in [0, 0.1) is 5.92 Å². The summed E-state index contributed by atoms with van der Waals surface area (Å²) >= 11 is 0. The number of aliphatic hydroxyl groups is 1. The van der Waals surface area contributed by atoms with Crippen LogP contribution in [0.4, 0.5) is 0 Å². The minimum absolute atomic E-state index is 0.263. The summed E-state index contributed by atoms with van der Waals surface area (Å²) in [4.78, 5) is 0. The van der Waals surface area contributed by atoms with Crippen LogP contribution in [0.25, 0.3) is 0 Å². The minimum Gasteiger partial charge on any atom is -0.497 e. The fourth-order valence-electron chi connectivity index (χ4n) is 2.42. The standard InChI is InChI=1S/C15H23NO2/c1-11(13-4-3-5-14(10-13)18-2)16-15(8-9-17)12-6-7-12/h3-5,10-12,15-17H,6-9H2,1-2H3. The quantitative estimate of drug-likeness (QED) is 0.780. The van der Waals surface area contributed by atoms with Crippen LogP contribution in [-0.4, -0.2) is 24.9 Å². The average molecular weight is 249 g/mol. The topological polar surface area (TPSA) is 41.5 Å². The van der Waals surface area contributed by atoms with Crippen molar-refractivity contribution < 1.29 is 9.84 Å². The summed E-state index contributed by atoms with van der Waals surface area (Å²) in [6, 6.07) is 8.89. The Hall–Kier alpha value is -1.06. The van der Waals surface area contributed by atoms with Gasteiger partial charge < -0.3 is 15.2 Å². The molecule has 1 aliphatic carbocycles. The maximum atomic E-state index is 9.12. The molecule has 2 N–H and O–H groups in total. The largest absolute Gasteiger partial charge is 0.497 e. The molecule has 2 atom stereocenters. The highest BCUT2D eigenvalue weighted by Gasteiger charge is 2.31. The summed E-state index contributed by atoms with van der Waals surface area (Å²) in [7, 11) is 1.69. The molecule has 1 saturated carbocycles. The molecule has 3 heteroatoms. The van der Waals surface area contributed by atoms with E-state index >= 15 is 0 Å². The first-order valence-electron chi connectivity index (χ1n) is 6.75. The third-order valence-corrected chi connectivity index (χ3v) is 3.69. The zero-order chi connectivity index (χ0) is 13.0. The van der Waals surface area contributed by atoms with E-state index < -0.39 is 0 Å². The highest BCUT2D eigenvalue weighted by atomic mass is 16.5. The van der Waals surface area contributed by atoms with Crippen molar-refractivity contribution in [1.29, 1.82) is 0 Å². The molecule has 0 radical (unpaired) electrons. The van der Waals surface area contributed by atoms with Crippen LogP contribution in [0.5, 0.6) is 5.75 Å². The van der Waals surface area contributed by atoms with Crippen molar-refractivity contribution in [2.75, 3.05) is 13.7 Å². The molecule has 1 fully saturated rings. The highest BCUT2D eigenvalue weighted by molar-refractivity contribution is 5.30. The summed E-state index contributed by atoms with van der Waals surface area (Å²) in [5.41, 5.74) is 1.23. The first kappa shape index (κ1) is 13.4. The van der Waals surface area contributed by atoms with E-state index in [9.17, 15) is 0 Å². The Morgan fingerprint density at radius 1 is 1.44 bits per heavy atom. The van der Waals surface area contributed by atoms with E-state index in [0.29, 0.717) is 6.04 Å². The maximum absolute atomic E-state index is 9.12. The van der Waals surface area contributed by atoms with Gasteiger partial charge >= 0.3 is 0 Å². The SMILES string of the molecule is COc1cccc(C(C)NC(CCO)C2CC2)c1. The molecular weight excluding hydrogens is 226 g/mol. The fraction of sp³-hybridized carbons (Fsp3) is 0.600. The number of ether oxygens (including phenoxy) is 1. The van der Waals surface area contributed by atoms with Crippen LogP contribution in [0.2, 0.25) is 0 Å². The second-order valence-electron chi connectivity index (χ2n) is 5.12. The lowest BCUT2D eigenvalue weighted by molar-refractivity contribution is 0.250. The van der Waals surface area contributed by atoms with Crippen LogP contribution < -0.4 is 10.1 Å². The highest BCUT2D eigenvalue weighted by Crippen LogP contribution is 2.35. The van der Waals surface area contributed by atoms with Crippen molar-refractivity contribution in [2.45, 2.75) is 38.3 Å². The van der Waals surface area contributed by atoms with E-state index in [2.05, 4.69) is 24.4 Å². The second-order valence-corrected chi connectivity index (χ2v) is 5.12. The third kappa shape index (κ3) is 3.47. The smallest absolute Gasteiger partial charge is 0.119 e. The van der Waals surface area contributed by atoms with Gasteiger partial charge in [0.15, 0.2) is 0 Å². The Bertz CT molecular complexity index is 377. The lowest BCUT2D eigenvalue weighted by Gasteiger charge is -2.23. The molecule has 1 aromatic rings. The monoisotopic (exact) mass is 249 g/mol. The van der Waals surface area contributed by atoms with Gasteiger partial charge in [0.2, 0.25) is 0 Å². The van der Waals surface area contributed by atoms with Gasteiger partial charge in [-0.2, -0.15) is 0 Å². The number of benzene rings is 1. The van der Waals surface area contributed by atoms with Gasteiger partial charge in [0.05, 0.1) is 7.11 Å². The van der Waals surface area contributed by atoms with Gasteiger partial charge in [-0.1, -0.05) is 12.1 Å². The number of methoxy groups -OCH3 is 1. The van der Waals surface area contributed by atoms with Crippen molar-refractivity contribution in [1.82, 2.24) is 5.32 Å². The molecule has 3 nitrogen and oxygen atoms in total. The van der Waals surface area contributed by atoms with E-state index in [4.69, 9.17) is 9.84 Å². The van der Waals surface area contributed by atoms with Crippen molar-refractivity contribution in [3.05, 3.63) is 29.8 Å². The van der Waals surface area contributed by atoms with Gasteiger partial charge in [0.25, 0.3) is 0 Å². The Balaban J connectivity index is 1.98. The molecule has 0 saturated heterocycles. The fourth-order valence-corrected chi connectivity index (χ4v) is 2.42. The van der Waals surface area contributed by atoms with Gasteiger partial charge in [-0.3, -0.25) is 0 Å². The Morgan fingerprint density at radius 3 is 2.83 bits per heavy atom. The number of hydrogen-bond donors (Lipinski definition) is 2. The third-order valence-electron chi connectivity index (χ3n) is 3.69. The summed E-state index contributed by atoms with van der Waals surface area (Å²) in [6.07, 6.45) is 3.43. The minimum atomic E-state index is 0.263. The molecule has 0 bridgehead atoms. The first-order chi connectivity index (χ1) is 8.74. The Kier molecular flexibility index (Phi) is 4.61. The lowest BCUT2D eigenvalue weighted by atomic mass is 10.0. The van der Waals surface area contributed by atoms with Crippen LogP contribution in [0.1, 0.15) is 37.8 Å². The normalized spacial score (nSPS) is 18.4. The van der Waals surface area contributed by atoms with Crippen LogP contribution in [0.15, 0.2) is 24.3 Å². The maximum Gasteiger partial charge on any atom is 0.119 e. The van der Waals surface area contributed by atoms with Crippen LogP contribution in [-0.2, 0) is 0 Å². The van der Waals surface area contributed by atoms with Crippen molar-refractivity contribution in [3.63, 3.8) is 0 Å². The van der Waals surface area contributed by atoms with Crippen molar-refractivity contribution in [3.8, 4) is 5.75 Å². The molecule has 2 rings (SSSR count). The molecule has 0 heterocycles. The number of rotatable bonds is 7. The molecule has 1 aliphatic rings. The number of aliphatic hydroxyl groups excluding tert-OH is 1. The lowest BCUT2D eigenvalue weighted by Crippen LogP contribution is -2.34. The van der Waals surface area contributed by atoms with E-state index in [1.165, 1.54) is 18.4 Å². The number of nitrogens with one attached hydrogen (secondary N) is 1. The summed E-state index contributed by atoms with van der Waals surface area (Å²) in [5.74, 6) is 1.65. The number of hydrogen-bond acceptors (Lipinski definition) is 3. The van der Waals surface area contributed by atoms with Crippen LogP contribution in [0.3, 0.4) is 0 Å². The van der Waals surface area contributed by atoms with Gasteiger partial charge in [-0.25, -0.2) is 0 Å². The zero-order valence-corrected chi connectivity index (χ0v) is 11.2. The van der Waals surface area contributed by atoms with Gasteiger partial charge in [0.1, 0.15) is 5.75 Å². The molecule has 0 aliphatic heterocycles. The molecular formula is C15H23NO2.